The second kappa shape index (κ2) is 8.34. The fourth-order valence-corrected chi connectivity index (χ4v) is 5.82. The maximum Gasteiger partial charge on any atom is 0.231 e. The molecule has 1 amide bonds. The molecular weight excluding hydrogens is 392 g/mol. The maximum absolute atomic E-state index is 13.4. The number of thioether (sulfide) groups is 1. The predicted molar refractivity (Wildman–Crippen MR) is 121 cm³/mol. The molecule has 0 spiro atoms. The number of amidine groups is 1. The van der Waals surface area contributed by atoms with Crippen LogP contribution in [0.4, 0.5) is 0 Å². The summed E-state index contributed by atoms with van der Waals surface area (Å²) in [5, 5.41) is 5.71. The molecule has 5 nitrogen and oxygen atoms in total. The number of rotatable bonds is 4. The molecule has 0 radical (unpaired) electrons. The molecule has 30 heavy (non-hydrogen) atoms. The fourth-order valence-electron chi connectivity index (χ4n) is 4.83. The van der Waals surface area contributed by atoms with E-state index in [2.05, 4.69) is 53.6 Å². The summed E-state index contributed by atoms with van der Waals surface area (Å²) in [5.74, 6) is 1.23. The van der Waals surface area contributed by atoms with E-state index in [0.717, 1.165) is 35.7 Å². The van der Waals surface area contributed by atoms with Gasteiger partial charge < -0.3 is 4.90 Å². The van der Waals surface area contributed by atoms with Crippen LogP contribution in [-0.2, 0) is 17.1 Å². The zero-order valence-corrected chi connectivity index (χ0v) is 18.1. The number of fused-ring (bicyclic) bond motifs is 3. The summed E-state index contributed by atoms with van der Waals surface area (Å²) in [6, 6.07) is 19.2. The van der Waals surface area contributed by atoms with Gasteiger partial charge in [-0.25, -0.2) is 0 Å². The molecule has 1 aliphatic carbocycles. The Morgan fingerprint density at radius 2 is 1.80 bits per heavy atom. The van der Waals surface area contributed by atoms with Crippen LogP contribution in [0.3, 0.4) is 0 Å². The van der Waals surface area contributed by atoms with Crippen molar-refractivity contribution in [3.63, 3.8) is 0 Å². The monoisotopic (exact) mass is 420 g/mol. The van der Waals surface area contributed by atoms with Gasteiger partial charge in [-0.05, 0) is 30.9 Å². The van der Waals surface area contributed by atoms with Crippen molar-refractivity contribution in [3.05, 3.63) is 71.3 Å². The van der Waals surface area contributed by atoms with Gasteiger partial charge in [-0.3, -0.25) is 15.1 Å². The standard InChI is InChI=1S/C24H28N4OS/c1-17-11-13-19(14-12-17)16-30-24-26-25-23-27(15-18-7-3-2-4-8-18)22(29)20-9-5-6-10-21(20)28(23)24/h2-4,7-8,11-14,20-21,23,25H,5-6,9-10,15-16H2,1H3. The summed E-state index contributed by atoms with van der Waals surface area (Å²) < 4.78 is 0. The van der Waals surface area contributed by atoms with Crippen LogP contribution in [-0.4, -0.2) is 33.2 Å². The Hall–Kier alpha value is -2.47. The number of amides is 1. The van der Waals surface area contributed by atoms with Crippen molar-refractivity contribution in [1.29, 1.82) is 0 Å². The van der Waals surface area contributed by atoms with Crippen LogP contribution in [0.2, 0.25) is 0 Å². The van der Waals surface area contributed by atoms with Crippen molar-refractivity contribution in [2.45, 2.75) is 57.2 Å². The minimum Gasteiger partial charge on any atom is -0.307 e. The molecule has 3 aliphatic rings. The van der Waals surface area contributed by atoms with Crippen LogP contribution in [0, 0.1) is 12.8 Å². The lowest BCUT2D eigenvalue weighted by atomic mass is 9.81. The number of hydrazone groups is 1. The van der Waals surface area contributed by atoms with E-state index in [1.54, 1.807) is 11.8 Å². The van der Waals surface area contributed by atoms with Crippen molar-refractivity contribution in [2.75, 3.05) is 0 Å². The lowest BCUT2D eigenvalue weighted by Crippen LogP contribution is -2.66. The Morgan fingerprint density at radius 3 is 2.60 bits per heavy atom. The van der Waals surface area contributed by atoms with Gasteiger partial charge in [0, 0.05) is 18.3 Å². The van der Waals surface area contributed by atoms with Crippen molar-refractivity contribution in [1.82, 2.24) is 15.2 Å². The highest BCUT2D eigenvalue weighted by atomic mass is 32.2. The van der Waals surface area contributed by atoms with Crippen LogP contribution in [0.1, 0.15) is 42.4 Å². The van der Waals surface area contributed by atoms with Crippen molar-refractivity contribution in [3.8, 4) is 0 Å². The average molecular weight is 421 g/mol. The zero-order chi connectivity index (χ0) is 20.5. The van der Waals surface area contributed by atoms with E-state index in [9.17, 15) is 4.79 Å². The second-order valence-corrected chi connectivity index (χ2v) is 9.43. The zero-order valence-electron chi connectivity index (χ0n) is 17.3. The third-order valence-corrected chi connectivity index (χ3v) is 7.46. The summed E-state index contributed by atoms with van der Waals surface area (Å²) in [5.41, 5.74) is 7.02. The smallest absolute Gasteiger partial charge is 0.231 e. The second-order valence-electron chi connectivity index (χ2n) is 8.49. The Kier molecular flexibility index (Phi) is 5.42. The van der Waals surface area contributed by atoms with Gasteiger partial charge in [-0.2, -0.15) is 5.10 Å². The lowest BCUT2D eigenvalue weighted by molar-refractivity contribution is -0.156. The first-order chi connectivity index (χ1) is 14.7. The Bertz CT molecular complexity index is 930. The molecule has 2 heterocycles. The number of carbonyl (C=O) groups excluding carboxylic acids is 1. The van der Waals surface area contributed by atoms with E-state index in [0.29, 0.717) is 6.54 Å². The van der Waals surface area contributed by atoms with E-state index in [1.807, 2.05) is 23.1 Å². The van der Waals surface area contributed by atoms with Crippen molar-refractivity contribution in [2.24, 2.45) is 11.0 Å². The van der Waals surface area contributed by atoms with Crippen LogP contribution in [0.5, 0.6) is 0 Å². The van der Waals surface area contributed by atoms with E-state index in [-0.39, 0.29) is 24.2 Å². The van der Waals surface area contributed by atoms with Gasteiger partial charge in [0.15, 0.2) is 11.5 Å². The van der Waals surface area contributed by atoms with E-state index >= 15 is 0 Å². The molecule has 3 unspecified atom stereocenters. The Labute approximate surface area is 182 Å². The maximum atomic E-state index is 13.4. The van der Waals surface area contributed by atoms with Crippen molar-refractivity contribution < 1.29 is 4.79 Å². The summed E-state index contributed by atoms with van der Waals surface area (Å²) in [6.45, 7) is 2.73. The molecule has 0 aromatic heterocycles. The van der Waals surface area contributed by atoms with Gasteiger partial charge in [0.05, 0.1) is 5.92 Å². The first kappa shape index (κ1) is 19.5. The van der Waals surface area contributed by atoms with Gasteiger partial charge in [0.1, 0.15) is 0 Å². The third kappa shape index (κ3) is 3.69. The molecule has 6 heteroatoms. The van der Waals surface area contributed by atoms with Crippen molar-refractivity contribution >= 4 is 22.8 Å². The number of hydrogen-bond acceptors (Lipinski definition) is 5. The summed E-state index contributed by atoms with van der Waals surface area (Å²) in [6.07, 6.45) is 4.19. The van der Waals surface area contributed by atoms with Gasteiger partial charge >= 0.3 is 0 Å². The topological polar surface area (TPSA) is 47.9 Å². The average Bonchev–Trinajstić information content (AvgIpc) is 3.21. The molecule has 2 aliphatic heterocycles. The van der Waals surface area contributed by atoms with E-state index < -0.39 is 0 Å². The number of hydrogen-bond donors (Lipinski definition) is 1. The normalized spacial score (nSPS) is 25.4. The summed E-state index contributed by atoms with van der Waals surface area (Å²) >= 11 is 1.77. The van der Waals surface area contributed by atoms with Gasteiger partial charge in [-0.1, -0.05) is 84.8 Å². The summed E-state index contributed by atoms with van der Waals surface area (Å²) in [4.78, 5) is 17.8. The molecule has 1 saturated heterocycles. The summed E-state index contributed by atoms with van der Waals surface area (Å²) in [7, 11) is 0. The van der Waals surface area contributed by atoms with Gasteiger partial charge in [0.25, 0.3) is 0 Å². The van der Waals surface area contributed by atoms with Crippen LogP contribution in [0.25, 0.3) is 0 Å². The lowest BCUT2D eigenvalue weighted by Gasteiger charge is -2.50. The Morgan fingerprint density at radius 1 is 1.03 bits per heavy atom. The molecule has 1 saturated carbocycles. The first-order valence-electron chi connectivity index (χ1n) is 10.8. The molecule has 2 aromatic rings. The number of carbonyl (C=O) groups is 1. The molecule has 1 N–H and O–H groups in total. The fraction of sp³-hybridized carbons (Fsp3) is 0.417. The SMILES string of the molecule is Cc1ccc(CSC2=NNC3N(Cc4ccccc4)C(=O)C4CCCCC4N23)cc1. The number of benzene rings is 2. The minimum absolute atomic E-state index is 0.0730. The molecule has 156 valence electrons. The Balaban J connectivity index is 1.37. The predicted octanol–water partition coefficient (Wildman–Crippen LogP) is 4.29. The minimum atomic E-state index is -0.183. The highest BCUT2D eigenvalue weighted by molar-refractivity contribution is 8.13. The molecule has 0 bridgehead atoms. The largest absolute Gasteiger partial charge is 0.307 e. The highest BCUT2D eigenvalue weighted by Gasteiger charge is 2.50. The number of nitrogens with zero attached hydrogens (tertiary/aromatic N) is 3. The number of aryl methyl sites for hydroxylation is 1. The van der Waals surface area contributed by atoms with E-state index in [1.165, 1.54) is 17.5 Å². The first-order valence-corrected chi connectivity index (χ1v) is 11.8. The highest BCUT2D eigenvalue weighted by Crippen LogP contribution is 2.39. The number of nitrogens with one attached hydrogen (secondary N) is 1. The molecular formula is C24H28N4OS. The molecule has 3 atom stereocenters. The molecule has 5 rings (SSSR count). The molecule has 2 fully saturated rings. The van der Waals surface area contributed by atoms with Gasteiger partial charge in [0.2, 0.25) is 5.91 Å². The van der Waals surface area contributed by atoms with Crippen LogP contribution >= 0.6 is 11.8 Å². The van der Waals surface area contributed by atoms with E-state index in [4.69, 9.17) is 5.10 Å². The quantitative estimate of drug-likeness (QED) is 0.802. The van der Waals surface area contributed by atoms with Crippen LogP contribution in [0.15, 0.2) is 59.7 Å². The third-order valence-electron chi connectivity index (χ3n) is 6.43. The van der Waals surface area contributed by atoms with Crippen LogP contribution < -0.4 is 5.43 Å². The van der Waals surface area contributed by atoms with Gasteiger partial charge in [-0.15, -0.1) is 0 Å². The molecule has 2 aromatic carbocycles.